The number of nitrogens with one attached hydrogen (secondary N) is 2. The van der Waals surface area contributed by atoms with Crippen LogP contribution in [-0.4, -0.2) is 41.6 Å². The molecule has 1 unspecified atom stereocenters. The first-order valence-electron chi connectivity index (χ1n) is 12.0. The number of hydrogen-bond donors (Lipinski definition) is 2. The standard InChI is InChI=1S/C25H22F3N7O2/c1-13-4-6-14(7-5-13)25(15-8-9-15)18-20(34-23(25)37)32-19(33-22(18)36)17-11-35-21(29-12-30-35)16(31-17)3-2-10-24(26,27)28/h4-7,11-12,15H,2-3,8-10H2,1H3,(H2,32,33,34,36,37). The maximum Gasteiger partial charge on any atom is 0.389 e. The largest absolute Gasteiger partial charge is 0.389 e. The van der Waals surface area contributed by atoms with Crippen LogP contribution in [0.25, 0.3) is 17.2 Å². The molecule has 0 spiro atoms. The summed E-state index contributed by atoms with van der Waals surface area (Å²) in [6, 6.07) is 7.59. The summed E-state index contributed by atoms with van der Waals surface area (Å²) in [5, 5.41) is 6.90. The van der Waals surface area contributed by atoms with E-state index in [0.29, 0.717) is 11.3 Å². The summed E-state index contributed by atoms with van der Waals surface area (Å²) in [6.45, 7) is 1.95. The Kier molecular flexibility index (Phi) is 5.18. The van der Waals surface area contributed by atoms with Gasteiger partial charge in [-0.05, 0) is 44.1 Å². The molecule has 0 radical (unpaired) electrons. The molecule has 4 aromatic rings. The maximum absolute atomic E-state index is 13.5. The number of fused-ring (bicyclic) bond motifs is 2. The van der Waals surface area contributed by atoms with Crippen molar-refractivity contribution in [3.63, 3.8) is 0 Å². The van der Waals surface area contributed by atoms with Gasteiger partial charge in [-0.3, -0.25) is 9.59 Å². The monoisotopic (exact) mass is 509 g/mol. The van der Waals surface area contributed by atoms with Gasteiger partial charge in [0.15, 0.2) is 11.5 Å². The smallest absolute Gasteiger partial charge is 0.309 e. The molecule has 0 bridgehead atoms. The van der Waals surface area contributed by atoms with Crippen LogP contribution in [0.5, 0.6) is 0 Å². The second-order valence-corrected chi connectivity index (χ2v) is 9.61. The molecule has 3 aromatic heterocycles. The van der Waals surface area contributed by atoms with E-state index in [4.69, 9.17) is 0 Å². The van der Waals surface area contributed by atoms with E-state index in [2.05, 4.69) is 30.4 Å². The van der Waals surface area contributed by atoms with Gasteiger partial charge >= 0.3 is 6.18 Å². The Morgan fingerprint density at radius 3 is 2.59 bits per heavy atom. The maximum atomic E-state index is 13.5. The Morgan fingerprint density at radius 1 is 1.14 bits per heavy atom. The molecule has 1 aliphatic carbocycles. The number of aromatic amines is 1. The SMILES string of the molecule is Cc1ccc(C2(C3CC3)C(=O)Nc3nc(-c4cn5ncnc5c(CCCC(F)(F)F)n4)[nH]c(=O)c32)cc1. The highest BCUT2D eigenvalue weighted by atomic mass is 19.4. The molecule has 1 aromatic carbocycles. The highest BCUT2D eigenvalue weighted by Crippen LogP contribution is 2.55. The Labute approximate surface area is 208 Å². The molecular formula is C25H22F3N7O2. The van der Waals surface area contributed by atoms with Crippen molar-refractivity contribution in [1.29, 1.82) is 0 Å². The van der Waals surface area contributed by atoms with Gasteiger partial charge in [-0.15, -0.1) is 0 Å². The number of hydrogen-bond acceptors (Lipinski definition) is 6. The van der Waals surface area contributed by atoms with Gasteiger partial charge in [0.05, 0.1) is 17.5 Å². The number of carbonyl (C=O) groups is 1. The van der Waals surface area contributed by atoms with Crippen molar-refractivity contribution in [3.05, 3.63) is 69.5 Å². The zero-order valence-corrected chi connectivity index (χ0v) is 19.8. The minimum Gasteiger partial charge on any atom is -0.309 e. The Hall–Kier alpha value is -4.09. The first-order chi connectivity index (χ1) is 17.7. The molecule has 0 saturated heterocycles. The Morgan fingerprint density at radius 2 is 1.89 bits per heavy atom. The summed E-state index contributed by atoms with van der Waals surface area (Å²) in [6.07, 6.45) is -1.00. The van der Waals surface area contributed by atoms with Crippen molar-refractivity contribution in [1.82, 2.24) is 29.5 Å². The topological polar surface area (TPSA) is 118 Å². The second kappa shape index (κ2) is 8.22. The molecule has 12 heteroatoms. The highest BCUT2D eigenvalue weighted by Gasteiger charge is 2.59. The average molecular weight is 509 g/mol. The summed E-state index contributed by atoms with van der Waals surface area (Å²) in [7, 11) is 0. The third-order valence-corrected chi connectivity index (χ3v) is 7.05. The van der Waals surface area contributed by atoms with Crippen molar-refractivity contribution in [3.8, 4) is 11.5 Å². The molecule has 1 atom stereocenters. The van der Waals surface area contributed by atoms with Crippen molar-refractivity contribution in [2.75, 3.05) is 5.32 Å². The molecule has 37 heavy (non-hydrogen) atoms. The van der Waals surface area contributed by atoms with Crippen LogP contribution < -0.4 is 10.9 Å². The molecule has 1 amide bonds. The number of benzene rings is 1. The number of anilines is 1. The van der Waals surface area contributed by atoms with E-state index in [1.165, 1.54) is 17.0 Å². The molecule has 6 rings (SSSR count). The van der Waals surface area contributed by atoms with Crippen LogP contribution in [0.15, 0.2) is 41.6 Å². The lowest BCUT2D eigenvalue weighted by molar-refractivity contribution is -0.135. The Balaban J connectivity index is 1.44. The Bertz CT molecular complexity index is 1590. The number of carbonyl (C=O) groups excluding carboxylic acids is 1. The fraction of sp³-hybridized carbons (Fsp3) is 0.360. The quantitative estimate of drug-likeness (QED) is 0.409. The van der Waals surface area contributed by atoms with E-state index in [1.807, 2.05) is 31.2 Å². The van der Waals surface area contributed by atoms with Crippen molar-refractivity contribution in [2.24, 2.45) is 5.92 Å². The number of amides is 1. The summed E-state index contributed by atoms with van der Waals surface area (Å²) in [5.74, 6) is -0.0732. The molecule has 1 aliphatic heterocycles. The van der Waals surface area contributed by atoms with Gasteiger partial charge in [0, 0.05) is 6.42 Å². The number of rotatable bonds is 6. The van der Waals surface area contributed by atoms with Gasteiger partial charge in [0.1, 0.15) is 23.3 Å². The minimum atomic E-state index is -4.28. The normalized spacial score (nSPS) is 19.3. The number of alkyl halides is 3. The molecule has 4 heterocycles. The van der Waals surface area contributed by atoms with E-state index < -0.39 is 23.6 Å². The summed E-state index contributed by atoms with van der Waals surface area (Å²) in [5.41, 5.74) is 1.29. The lowest BCUT2D eigenvalue weighted by atomic mass is 9.72. The molecule has 1 fully saturated rings. The lowest BCUT2D eigenvalue weighted by Gasteiger charge is -2.27. The molecule has 9 nitrogen and oxygen atoms in total. The van der Waals surface area contributed by atoms with Crippen LogP contribution in [-0.2, 0) is 16.6 Å². The predicted molar refractivity (Wildman–Crippen MR) is 127 cm³/mol. The molecule has 1 saturated carbocycles. The average Bonchev–Trinajstić information content (AvgIpc) is 3.49. The second-order valence-electron chi connectivity index (χ2n) is 9.61. The fourth-order valence-electron chi connectivity index (χ4n) is 5.23. The van der Waals surface area contributed by atoms with Gasteiger partial charge in [0.25, 0.3) is 5.56 Å². The zero-order chi connectivity index (χ0) is 25.9. The predicted octanol–water partition coefficient (Wildman–Crippen LogP) is 3.72. The van der Waals surface area contributed by atoms with E-state index in [1.54, 1.807) is 0 Å². The van der Waals surface area contributed by atoms with Crippen molar-refractivity contribution < 1.29 is 18.0 Å². The van der Waals surface area contributed by atoms with Gasteiger partial charge in [-0.25, -0.2) is 19.5 Å². The van der Waals surface area contributed by atoms with Crippen LogP contribution in [0.4, 0.5) is 19.0 Å². The van der Waals surface area contributed by atoms with Crippen LogP contribution >= 0.6 is 0 Å². The number of H-pyrrole nitrogens is 1. The molecular weight excluding hydrogens is 487 g/mol. The molecule has 2 aliphatic rings. The fourth-order valence-corrected chi connectivity index (χ4v) is 5.23. The number of nitrogens with zero attached hydrogens (tertiary/aromatic N) is 5. The van der Waals surface area contributed by atoms with Crippen LogP contribution in [0.1, 0.15) is 48.1 Å². The van der Waals surface area contributed by atoms with Crippen molar-refractivity contribution in [2.45, 2.75) is 50.6 Å². The van der Waals surface area contributed by atoms with E-state index in [0.717, 1.165) is 24.0 Å². The first-order valence-corrected chi connectivity index (χ1v) is 12.0. The van der Waals surface area contributed by atoms with Crippen LogP contribution in [0, 0.1) is 12.8 Å². The first kappa shape index (κ1) is 23.3. The molecule has 190 valence electrons. The van der Waals surface area contributed by atoms with Crippen LogP contribution in [0.2, 0.25) is 0 Å². The van der Waals surface area contributed by atoms with Gasteiger partial charge < -0.3 is 10.3 Å². The number of halogens is 3. The zero-order valence-electron chi connectivity index (χ0n) is 19.8. The third kappa shape index (κ3) is 3.87. The number of aromatic nitrogens is 6. The summed E-state index contributed by atoms with van der Waals surface area (Å²) >= 11 is 0. The van der Waals surface area contributed by atoms with Crippen LogP contribution in [0.3, 0.4) is 0 Å². The van der Waals surface area contributed by atoms with E-state index in [9.17, 15) is 22.8 Å². The van der Waals surface area contributed by atoms with Gasteiger partial charge in [-0.2, -0.15) is 18.3 Å². The van der Waals surface area contributed by atoms with Gasteiger partial charge in [-0.1, -0.05) is 29.8 Å². The molecule has 2 N–H and O–H groups in total. The lowest BCUT2D eigenvalue weighted by Crippen LogP contribution is -2.41. The highest BCUT2D eigenvalue weighted by molar-refractivity contribution is 6.08. The van der Waals surface area contributed by atoms with Gasteiger partial charge in [0.2, 0.25) is 5.91 Å². The summed E-state index contributed by atoms with van der Waals surface area (Å²) < 4.78 is 39.5. The van der Waals surface area contributed by atoms with E-state index in [-0.39, 0.29) is 47.6 Å². The van der Waals surface area contributed by atoms with E-state index >= 15 is 0 Å². The van der Waals surface area contributed by atoms with Crippen molar-refractivity contribution >= 4 is 17.4 Å². The summed E-state index contributed by atoms with van der Waals surface area (Å²) in [4.78, 5) is 42.9. The minimum absolute atomic E-state index is 0.0136. The number of aryl methyl sites for hydroxylation is 2. The third-order valence-electron chi connectivity index (χ3n) is 7.05.